The highest BCUT2D eigenvalue weighted by Crippen LogP contribution is 2.40. The van der Waals surface area contributed by atoms with Gasteiger partial charge in [-0.05, 0) is 44.0 Å². The fourth-order valence-electron chi connectivity index (χ4n) is 5.23. The van der Waals surface area contributed by atoms with Gasteiger partial charge in [-0.1, -0.05) is 12.8 Å². The summed E-state index contributed by atoms with van der Waals surface area (Å²) < 4.78 is 18.5. The number of rotatable bonds is 4. The van der Waals surface area contributed by atoms with Crippen LogP contribution < -0.4 is 0 Å². The lowest BCUT2D eigenvalue weighted by atomic mass is 9.76. The molecular formula is C24H30FN3O4. The Hall–Kier alpha value is -2.90. The van der Waals surface area contributed by atoms with Crippen LogP contribution in [-0.2, 0) is 14.3 Å². The molecular weight excluding hydrogens is 413 g/mol. The van der Waals surface area contributed by atoms with Crippen LogP contribution in [0.4, 0.5) is 4.39 Å². The van der Waals surface area contributed by atoms with Gasteiger partial charge < -0.3 is 19.4 Å². The number of halogens is 1. The zero-order valence-corrected chi connectivity index (χ0v) is 18.7. The minimum absolute atomic E-state index is 0.0864. The molecule has 7 nitrogen and oxygen atoms in total. The van der Waals surface area contributed by atoms with Gasteiger partial charge in [0.15, 0.2) is 0 Å². The summed E-state index contributed by atoms with van der Waals surface area (Å²) in [5.74, 6) is -1.25. The molecule has 2 heterocycles. The van der Waals surface area contributed by atoms with Crippen LogP contribution in [0.3, 0.4) is 0 Å². The number of amides is 2. The number of nitrogens with zero attached hydrogens (tertiary/aromatic N) is 3. The maximum atomic E-state index is 13.2. The number of fused-ring (bicyclic) bond motifs is 1. The first-order chi connectivity index (χ1) is 15.4. The van der Waals surface area contributed by atoms with Crippen LogP contribution in [0.5, 0.6) is 0 Å². The van der Waals surface area contributed by atoms with E-state index in [9.17, 15) is 18.8 Å². The molecule has 32 heavy (non-hydrogen) atoms. The number of hydrogen-bond acceptors (Lipinski definition) is 5. The Kier molecular flexibility index (Phi) is 6.48. The van der Waals surface area contributed by atoms with Crippen molar-refractivity contribution in [2.45, 2.75) is 38.6 Å². The Labute approximate surface area is 187 Å². The summed E-state index contributed by atoms with van der Waals surface area (Å²) in [7, 11) is 1.78. The Balaban J connectivity index is 1.58. The lowest BCUT2D eigenvalue weighted by Crippen LogP contribution is -2.56. The summed E-state index contributed by atoms with van der Waals surface area (Å²) in [6, 6.07) is 5.64. The van der Waals surface area contributed by atoms with Gasteiger partial charge in [0.1, 0.15) is 11.4 Å². The predicted molar refractivity (Wildman–Crippen MR) is 116 cm³/mol. The monoisotopic (exact) mass is 443 g/mol. The van der Waals surface area contributed by atoms with Crippen LogP contribution in [0.25, 0.3) is 0 Å². The van der Waals surface area contributed by atoms with Crippen LogP contribution >= 0.6 is 0 Å². The van der Waals surface area contributed by atoms with Gasteiger partial charge in [0.05, 0.1) is 6.61 Å². The van der Waals surface area contributed by atoms with Crippen LogP contribution in [0.2, 0.25) is 0 Å². The van der Waals surface area contributed by atoms with E-state index in [2.05, 4.69) is 4.90 Å². The fraction of sp³-hybridized carbons (Fsp3) is 0.542. The molecule has 2 aliphatic heterocycles. The van der Waals surface area contributed by atoms with E-state index in [0.717, 1.165) is 31.4 Å². The second-order valence-electron chi connectivity index (χ2n) is 8.64. The van der Waals surface area contributed by atoms with E-state index in [1.54, 1.807) is 23.8 Å². The summed E-state index contributed by atoms with van der Waals surface area (Å²) in [5.41, 5.74) is 1.40. The standard InChI is InChI=1S/C24H30FN3O4/c1-3-32-24(31)20-21(18-6-4-5-7-19(18)26(2)23(20)30)27-12-14-28(15-13-27)22(29)16-8-10-17(25)11-9-16/h8-11,18-19H,3-7,12-15H2,1-2H3. The molecule has 4 rings (SSSR count). The molecule has 1 aliphatic carbocycles. The van der Waals surface area contributed by atoms with Crippen LogP contribution in [0, 0.1) is 11.7 Å². The number of carbonyl (C=O) groups excluding carboxylic acids is 3. The Bertz CT molecular complexity index is 922. The molecule has 0 aromatic heterocycles. The van der Waals surface area contributed by atoms with Gasteiger partial charge >= 0.3 is 5.97 Å². The van der Waals surface area contributed by atoms with Crippen molar-refractivity contribution in [2.75, 3.05) is 39.8 Å². The van der Waals surface area contributed by atoms with E-state index < -0.39 is 5.97 Å². The molecule has 8 heteroatoms. The Morgan fingerprint density at radius 3 is 2.38 bits per heavy atom. The summed E-state index contributed by atoms with van der Waals surface area (Å²) in [4.78, 5) is 44.4. The molecule has 0 bridgehead atoms. The van der Waals surface area contributed by atoms with Gasteiger partial charge in [0.2, 0.25) is 0 Å². The third-order valence-electron chi connectivity index (χ3n) is 6.85. The average molecular weight is 444 g/mol. The van der Waals surface area contributed by atoms with E-state index in [1.807, 2.05) is 0 Å². The van der Waals surface area contributed by atoms with E-state index >= 15 is 0 Å². The summed E-state index contributed by atoms with van der Waals surface area (Å²) in [6.45, 7) is 3.95. The minimum atomic E-state index is -0.562. The van der Waals surface area contributed by atoms with Gasteiger partial charge in [-0.25, -0.2) is 9.18 Å². The zero-order chi connectivity index (χ0) is 22.8. The molecule has 0 radical (unpaired) electrons. The normalized spacial score (nSPS) is 23.8. The maximum Gasteiger partial charge on any atom is 0.345 e. The first kappa shape index (κ1) is 22.3. The summed E-state index contributed by atoms with van der Waals surface area (Å²) >= 11 is 0. The number of piperazine rings is 1. The van der Waals surface area contributed by atoms with Crippen molar-refractivity contribution in [3.63, 3.8) is 0 Å². The topological polar surface area (TPSA) is 70.2 Å². The van der Waals surface area contributed by atoms with Crippen molar-refractivity contribution in [3.8, 4) is 0 Å². The molecule has 2 fully saturated rings. The van der Waals surface area contributed by atoms with Gasteiger partial charge in [-0.2, -0.15) is 0 Å². The molecule has 0 spiro atoms. The number of esters is 1. The molecule has 2 unspecified atom stereocenters. The minimum Gasteiger partial charge on any atom is -0.462 e. The molecule has 0 N–H and O–H groups in total. The maximum absolute atomic E-state index is 13.2. The van der Waals surface area contributed by atoms with Gasteiger partial charge in [0, 0.05) is 56.4 Å². The Morgan fingerprint density at radius 2 is 1.72 bits per heavy atom. The molecule has 1 saturated carbocycles. The van der Waals surface area contributed by atoms with Crippen LogP contribution in [0.1, 0.15) is 43.0 Å². The molecule has 2 atom stereocenters. The zero-order valence-electron chi connectivity index (χ0n) is 18.7. The third-order valence-corrected chi connectivity index (χ3v) is 6.85. The number of hydrogen-bond donors (Lipinski definition) is 0. The molecule has 1 aromatic carbocycles. The highest BCUT2D eigenvalue weighted by atomic mass is 19.1. The fourth-order valence-corrected chi connectivity index (χ4v) is 5.23. The number of benzene rings is 1. The first-order valence-electron chi connectivity index (χ1n) is 11.4. The van der Waals surface area contributed by atoms with Gasteiger partial charge in [0.25, 0.3) is 11.8 Å². The lowest BCUT2D eigenvalue weighted by molar-refractivity contribution is -0.144. The van der Waals surface area contributed by atoms with E-state index in [4.69, 9.17) is 4.74 Å². The SMILES string of the molecule is CCOC(=O)C1=C(N2CCN(C(=O)c3ccc(F)cc3)CC2)C2CCCCC2N(C)C1=O. The molecule has 2 amide bonds. The predicted octanol–water partition coefficient (Wildman–Crippen LogP) is 2.43. The second kappa shape index (κ2) is 9.30. The van der Waals surface area contributed by atoms with E-state index in [0.29, 0.717) is 31.7 Å². The number of likely N-dealkylation sites (N-methyl/N-ethyl adjacent to an activating group) is 1. The van der Waals surface area contributed by atoms with Crippen molar-refractivity contribution in [2.24, 2.45) is 5.92 Å². The second-order valence-corrected chi connectivity index (χ2v) is 8.64. The van der Waals surface area contributed by atoms with E-state index in [1.165, 1.54) is 24.3 Å². The highest BCUT2D eigenvalue weighted by Gasteiger charge is 2.46. The van der Waals surface area contributed by atoms with Gasteiger partial charge in [-0.15, -0.1) is 0 Å². The van der Waals surface area contributed by atoms with Crippen molar-refractivity contribution in [1.29, 1.82) is 0 Å². The summed E-state index contributed by atoms with van der Waals surface area (Å²) in [5, 5.41) is 0. The Morgan fingerprint density at radius 1 is 1.06 bits per heavy atom. The van der Waals surface area contributed by atoms with Crippen molar-refractivity contribution in [3.05, 3.63) is 46.9 Å². The third kappa shape index (κ3) is 4.10. The molecule has 1 saturated heterocycles. The molecule has 3 aliphatic rings. The van der Waals surface area contributed by atoms with Crippen molar-refractivity contribution < 1.29 is 23.5 Å². The highest BCUT2D eigenvalue weighted by molar-refractivity contribution is 6.17. The van der Waals surface area contributed by atoms with Crippen molar-refractivity contribution >= 4 is 17.8 Å². The summed E-state index contributed by atoms with van der Waals surface area (Å²) in [6.07, 6.45) is 3.98. The van der Waals surface area contributed by atoms with Crippen LogP contribution in [0.15, 0.2) is 35.5 Å². The molecule has 172 valence electrons. The lowest BCUT2D eigenvalue weighted by Gasteiger charge is -2.48. The molecule has 1 aromatic rings. The van der Waals surface area contributed by atoms with Gasteiger partial charge in [-0.3, -0.25) is 9.59 Å². The smallest absolute Gasteiger partial charge is 0.345 e. The van der Waals surface area contributed by atoms with E-state index in [-0.39, 0.29) is 41.8 Å². The number of ether oxygens (including phenoxy) is 1. The quantitative estimate of drug-likeness (QED) is 0.528. The number of carbonyl (C=O) groups is 3. The van der Waals surface area contributed by atoms with Crippen molar-refractivity contribution in [1.82, 2.24) is 14.7 Å². The first-order valence-corrected chi connectivity index (χ1v) is 11.4. The largest absolute Gasteiger partial charge is 0.462 e. The van der Waals surface area contributed by atoms with Crippen LogP contribution in [-0.4, -0.2) is 78.4 Å². The average Bonchev–Trinajstić information content (AvgIpc) is 2.81.